The topological polar surface area (TPSA) is 60.9 Å². The molecule has 2 atom stereocenters. The van der Waals surface area contributed by atoms with E-state index in [4.69, 9.17) is 5.11 Å². The molecule has 0 unspecified atom stereocenters. The van der Waals surface area contributed by atoms with Crippen molar-refractivity contribution in [1.29, 1.82) is 0 Å². The zero-order valence-corrected chi connectivity index (χ0v) is 15.3. The van der Waals surface area contributed by atoms with Gasteiger partial charge in [0.1, 0.15) is 0 Å². The monoisotopic (exact) mass is 356 g/mol. The van der Waals surface area contributed by atoms with Gasteiger partial charge >= 0.3 is 0 Å². The Bertz CT molecular complexity index is 668. The molecule has 1 aromatic carbocycles. The SMILES string of the molecule is O=C(Cc1ccc(CO)cc1)N1C[C@H]2CC[C@@H](C1)N(CC1CCC1)C2=O. The molecule has 1 N–H and O–H groups in total. The van der Waals surface area contributed by atoms with Crippen molar-refractivity contribution >= 4 is 11.8 Å². The second-order valence-electron chi connectivity index (χ2n) is 8.17. The van der Waals surface area contributed by atoms with Crippen LogP contribution in [-0.2, 0) is 22.6 Å². The van der Waals surface area contributed by atoms with Crippen molar-refractivity contribution in [2.45, 2.75) is 51.2 Å². The van der Waals surface area contributed by atoms with Gasteiger partial charge in [-0.1, -0.05) is 30.7 Å². The number of benzene rings is 1. The summed E-state index contributed by atoms with van der Waals surface area (Å²) in [6, 6.07) is 7.73. The van der Waals surface area contributed by atoms with E-state index in [1.54, 1.807) is 0 Å². The van der Waals surface area contributed by atoms with Crippen molar-refractivity contribution in [2.75, 3.05) is 19.6 Å². The minimum absolute atomic E-state index is 0.0165. The van der Waals surface area contributed by atoms with Gasteiger partial charge in [0.25, 0.3) is 0 Å². The zero-order chi connectivity index (χ0) is 18.1. The second-order valence-corrected chi connectivity index (χ2v) is 8.17. The average Bonchev–Trinajstić information content (AvgIpc) is 2.90. The number of fused-ring (bicyclic) bond motifs is 4. The Morgan fingerprint density at radius 3 is 2.42 bits per heavy atom. The summed E-state index contributed by atoms with van der Waals surface area (Å²) in [5.74, 6) is 1.04. The lowest BCUT2D eigenvalue weighted by Crippen LogP contribution is -2.50. The van der Waals surface area contributed by atoms with Crippen LogP contribution in [0, 0.1) is 11.8 Å². The van der Waals surface area contributed by atoms with Gasteiger partial charge < -0.3 is 14.9 Å². The molecule has 4 fully saturated rings. The third-order valence-electron chi connectivity index (χ3n) is 6.39. The van der Waals surface area contributed by atoms with Crippen LogP contribution < -0.4 is 0 Å². The molecule has 5 rings (SSSR count). The van der Waals surface area contributed by atoms with Gasteiger partial charge in [-0.15, -0.1) is 0 Å². The van der Waals surface area contributed by atoms with E-state index in [-0.39, 0.29) is 30.4 Å². The Morgan fingerprint density at radius 2 is 1.77 bits per heavy atom. The summed E-state index contributed by atoms with van der Waals surface area (Å²) in [4.78, 5) is 29.7. The number of amides is 2. The maximum Gasteiger partial charge on any atom is 0.227 e. The standard InChI is InChI=1S/C21H28N2O3/c24-14-17-6-4-15(5-7-17)10-20(25)22-12-18-8-9-19(13-22)23(21(18)26)11-16-2-1-3-16/h4-7,16,18-19,24H,1-3,8-14H2/t18-,19+/m1/s1. The number of aliphatic hydroxyl groups excluding tert-OH is 1. The molecule has 0 aromatic heterocycles. The Labute approximate surface area is 155 Å². The molecule has 5 nitrogen and oxygen atoms in total. The predicted octanol–water partition coefficient (Wildman–Crippen LogP) is 1.97. The van der Waals surface area contributed by atoms with Crippen LogP contribution in [0.5, 0.6) is 0 Å². The molecule has 3 saturated heterocycles. The fraction of sp³-hybridized carbons (Fsp3) is 0.619. The van der Waals surface area contributed by atoms with Crippen molar-refractivity contribution in [3.8, 4) is 0 Å². The second kappa shape index (κ2) is 7.39. The lowest BCUT2D eigenvalue weighted by Gasteiger charge is -2.40. The molecule has 0 radical (unpaired) electrons. The van der Waals surface area contributed by atoms with E-state index in [0.29, 0.717) is 25.4 Å². The first kappa shape index (κ1) is 17.5. The number of hydrogen-bond donors (Lipinski definition) is 1. The quantitative estimate of drug-likeness (QED) is 0.877. The molecule has 1 aromatic rings. The summed E-state index contributed by atoms with van der Waals surface area (Å²) < 4.78 is 0. The first-order valence-corrected chi connectivity index (χ1v) is 9.91. The molecule has 3 heterocycles. The highest BCUT2D eigenvalue weighted by molar-refractivity contribution is 5.84. The van der Waals surface area contributed by atoms with Crippen molar-refractivity contribution in [3.05, 3.63) is 35.4 Å². The highest BCUT2D eigenvalue weighted by atomic mass is 16.3. The zero-order valence-electron chi connectivity index (χ0n) is 15.3. The third-order valence-corrected chi connectivity index (χ3v) is 6.39. The van der Waals surface area contributed by atoms with Crippen molar-refractivity contribution in [3.63, 3.8) is 0 Å². The molecular weight excluding hydrogens is 328 g/mol. The van der Waals surface area contributed by atoms with Crippen LogP contribution in [0.2, 0.25) is 0 Å². The molecular formula is C21H28N2O3. The molecule has 4 aliphatic rings. The van der Waals surface area contributed by atoms with Gasteiger partial charge in [-0.25, -0.2) is 0 Å². The first-order valence-electron chi connectivity index (χ1n) is 9.91. The number of rotatable bonds is 5. The van der Waals surface area contributed by atoms with Crippen LogP contribution in [0.25, 0.3) is 0 Å². The smallest absolute Gasteiger partial charge is 0.227 e. The molecule has 140 valence electrons. The fourth-order valence-electron chi connectivity index (χ4n) is 4.49. The van der Waals surface area contributed by atoms with Crippen molar-refractivity contribution in [1.82, 2.24) is 9.80 Å². The number of nitrogens with zero attached hydrogens (tertiary/aromatic N) is 2. The van der Waals surface area contributed by atoms with Crippen LogP contribution in [-0.4, -0.2) is 52.4 Å². The maximum absolute atomic E-state index is 12.8. The lowest BCUT2D eigenvalue weighted by atomic mass is 9.83. The number of aliphatic hydroxyl groups is 1. The van der Waals surface area contributed by atoms with E-state index in [1.807, 2.05) is 29.2 Å². The van der Waals surface area contributed by atoms with Crippen LogP contribution in [0.1, 0.15) is 43.2 Å². The molecule has 2 bridgehead atoms. The number of hydrogen-bond acceptors (Lipinski definition) is 3. The highest BCUT2D eigenvalue weighted by Crippen LogP contribution is 2.34. The summed E-state index contributed by atoms with van der Waals surface area (Å²) in [6.45, 7) is 2.17. The number of carbonyl (C=O) groups is 2. The van der Waals surface area contributed by atoms with Gasteiger partial charge in [0.05, 0.1) is 18.9 Å². The van der Waals surface area contributed by atoms with Crippen LogP contribution in [0.3, 0.4) is 0 Å². The minimum atomic E-state index is -0.0189. The summed E-state index contributed by atoms with van der Waals surface area (Å²) in [5.41, 5.74) is 1.81. The average molecular weight is 356 g/mol. The fourth-order valence-corrected chi connectivity index (χ4v) is 4.49. The van der Waals surface area contributed by atoms with Crippen LogP contribution in [0.15, 0.2) is 24.3 Å². The molecule has 1 saturated carbocycles. The summed E-state index contributed by atoms with van der Waals surface area (Å²) in [7, 11) is 0. The largest absolute Gasteiger partial charge is 0.392 e. The molecule has 5 heteroatoms. The van der Waals surface area contributed by atoms with E-state index in [2.05, 4.69) is 4.90 Å². The Morgan fingerprint density at radius 1 is 1.04 bits per heavy atom. The van der Waals surface area contributed by atoms with E-state index < -0.39 is 0 Å². The third kappa shape index (κ3) is 3.50. The summed E-state index contributed by atoms with van der Waals surface area (Å²) in [6.07, 6.45) is 6.08. The Hall–Kier alpha value is -1.88. The predicted molar refractivity (Wildman–Crippen MR) is 98.2 cm³/mol. The summed E-state index contributed by atoms with van der Waals surface area (Å²) in [5, 5.41) is 9.13. The van der Waals surface area contributed by atoms with E-state index in [9.17, 15) is 9.59 Å². The normalized spacial score (nSPS) is 26.0. The van der Waals surface area contributed by atoms with Crippen molar-refractivity contribution in [2.24, 2.45) is 11.8 Å². The van der Waals surface area contributed by atoms with E-state index >= 15 is 0 Å². The molecule has 3 aliphatic heterocycles. The van der Waals surface area contributed by atoms with Gasteiger partial charge in [0.2, 0.25) is 11.8 Å². The first-order chi connectivity index (χ1) is 12.6. The molecule has 26 heavy (non-hydrogen) atoms. The highest BCUT2D eigenvalue weighted by Gasteiger charge is 2.42. The van der Waals surface area contributed by atoms with E-state index in [0.717, 1.165) is 30.5 Å². The van der Waals surface area contributed by atoms with Gasteiger partial charge in [-0.2, -0.15) is 0 Å². The summed E-state index contributed by atoms with van der Waals surface area (Å²) >= 11 is 0. The van der Waals surface area contributed by atoms with Gasteiger partial charge in [0.15, 0.2) is 0 Å². The molecule has 0 spiro atoms. The lowest BCUT2D eigenvalue weighted by molar-refractivity contribution is -0.141. The van der Waals surface area contributed by atoms with Gasteiger partial charge in [-0.3, -0.25) is 9.59 Å². The number of piperidine rings is 1. The Kier molecular flexibility index (Phi) is 4.98. The Balaban J connectivity index is 1.42. The number of carbonyl (C=O) groups excluding carboxylic acids is 2. The minimum Gasteiger partial charge on any atom is -0.392 e. The van der Waals surface area contributed by atoms with E-state index in [1.165, 1.54) is 19.3 Å². The van der Waals surface area contributed by atoms with Crippen LogP contribution >= 0.6 is 0 Å². The molecule has 2 amide bonds. The maximum atomic E-state index is 12.8. The van der Waals surface area contributed by atoms with Crippen molar-refractivity contribution < 1.29 is 14.7 Å². The molecule has 1 aliphatic carbocycles. The van der Waals surface area contributed by atoms with Gasteiger partial charge in [-0.05, 0) is 42.7 Å². The van der Waals surface area contributed by atoms with Gasteiger partial charge in [0, 0.05) is 25.7 Å². The van der Waals surface area contributed by atoms with Crippen LogP contribution in [0.4, 0.5) is 0 Å².